The number of amides is 2. The number of carbonyl (C=O) groups excluding carboxylic acids is 2. The van der Waals surface area contributed by atoms with Gasteiger partial charge in [0.15, 0.2) is 0 Å². The molecule has 0 saturated heterocycles. The smallest absolute Gasteiger partial charge is 0.250 e. The lowest BCUT2D eigenvalue weighted by Gasteiger charge is -2.28. The van der Waals surface area contributed by atoms with E-state index in [2.05, 4.69) is 71.4 Å². The van der Waals surface area contributed by atoms with Gasteiger partial charge in [0.25, 0.3) is 11.8 Å². The van der Waals surface area contributed by atoms with Crippen molar-refractivity contribution in [3.05, 3.63) is 167 Å². The van der Waals surface area contributed by atoms with Crippen LogP contribution < -0.4 is 10.0 Å². The monoisotopic (exact) mass is 666 g/mol. The molecular weight excluding hydrogens is 637 g/mol. The normalized spacial score (nSPS) is 12.9. The molecule has 0 spiro atoms. The van der Waals surface area contributed by atoms with E-state index in [1.54, 1.807) is 22.7 Å². The molecule has 2 amide bonds. The molecule has 0 bridgehead atoms. The third-order valence-electron chi connectivity index (χ3n) is 7.82. The Morgan fingerprint density at radius 1 is 0.404 bits per heavy atom. The Kier molecular flexibility index (Phi) is 9.19. The molecule has 7 heteroatoms. The highest BCUT2D eigenvalue weighted by molar-refractivity contribution is 7.26. The van der Waals surface area contributed by atoms with Gasteiger partial charge < -0.3 is 0 Å². The van der Waals surface area contributed by atoms with Gasteiger partial charge in [0.05, 0.1) is 24.2 Å². The summed E-state index contributed by atoms with van der Waals surface area (Å²) in [6.45, 7) is 0. The van der Waals surface area contributed by atoms with Crippen LogP contribution in [0, 0.1) is 0 Å². The number of nitrogens with zero attached hydrogens (tertiary/aromatic N) is 2. The summed E-state index contributed by atoms with van der Waals surface area (Å²) in [6.07, 6.45) is 0.699. The second-order valence-corrected chi connectivity index (χ2v) is 13.8. The molecule has 0 saturated carbocycles. The number of hydrogen-bond acceptors (Lipinski definition) is 5. The van der Waals surface area contributed by atoms with Gasteiger partial charge in [0.1, 0.15) is 0 Å². The zero-order chi connectivity index (χ0) is 32.0. The van der Waals surface area contributed by atoms with Crippen molar-refractivity contribution in [2.24, 2.45) is 0 Å². The van der Waals surface area contributed by atoms with Crippen LogP contribution in [0.5, 0.6) is 0 Å². The Balaban J connectivity index is 0.000000111. The molecule has 0 unspecified atom stereocenters. The molecule has 10 rings (SSSR count). The molecule has 0 N–H and O–H groups in total. The number of fused-ring (bicyclic) bond motifs is 6. The number of hydrogen-bond donors (Lipinski definition) is 0. The fourth-order valence-electron chi connectivity index (χ4n) is 5.67. The molecule has 230 valence electrons. The minimum atomic E-state index is -0.0590. The number of carbonyl (C=O) groups is 2. The minimum Gasteiger partial charge on any atom is -0.272 e. The summed E-state index contributed by atoms with van der Waals surface area (Å²) < 4.78 is 5.58. The van der Waals surface area contributed by atoms with Crippen LogP contribution in [-0.4, -0.2) is 11.8 Å². The topological polar surface area (TPSA) is 40.6 Å². The number of benzene rings is 5. The van der Waals surface area contributed by atoms with Crippen molar-refractivity contribution in [3.63, 3.8) is 0 Å². The van der Waals surface area contributed by atoms with E-state index in [4.69, 9.17) is 0 Å². The van der Waals surface area contributed by atoms with Gasteiger partial charge in [-0.15, -0.1) is 34.0 Å². The second-order valence-electron chi connectivity index (χ2n) is 10.8. The minimum absolute atomic E-state index is 0.0590. The third kappa shape index (κ3) is 6.60. The van der Waals surface area contributed by atoms with Gasteiger partial charge in [-0.25, -0.2) is 10.0 Å². The predicted octanol–water partition coefficient (Wildman–Crippen LogP) is 10.8. The van der Waals surface area contributed by atoms with Gasteiger partial charge in [0.2, 0.25) is 0 Å². The molecular formula is C40H30N2O2S3. The lowest BCUT2D eigenvalue weighted by Crippen LogP contribution is -2.47. The van der Waals surface area contributed by atoms with Gasteiger partial charge >= 0.3 is 0 Å². The highest BCUT2D eigenvalue weighted by atomic mass is 32.1. The third-order valence-corrected chi connectivity index (χ3v) is 10.9. The van der Waals surface area contributed by atoms with Crippen molar-refractivity contribution in [3.8, 4) is 0 Å². The van der Waals surface area contributed by atoms with E-state index in [1.807, 2.05) is 96.3 Å². The summed E-state index contributed by atoms with van der Waals surface area (Å²) in [5, 5.41) is 10.0. The fourth-order valence-corrected chi connectivity index (χ4v) is 8.60. The summed E-state index contributed by atoms with van der Waals surface area (Å²) >= 11 is 5.47. The number of anilines is 2. The van der Waals surface area contributed by atoms with Crippen LogP contribution >= 0.6 is 34.0 Å². The SMILES string of the molecule is O=C1Cc2ccccc2N1N1C(=O)Cc2ccccc21.c1cc2sccc2s1.c1ccc2c(c1)sc1ccccc12.c1ccccc1. The Morgan fingerprint density at radius 3 is 1.23 bits per heavy atom. The molecule has 5 heterocycles. The van der Waals surface area contributed by atoms with Crippen molar-refractivity contribution in [2.75, 3.05) is 10.0 Å². The number of thiophene rings is 3. The summed E-state index contributed by atoms with van der Waals surface area (Å²) in [5.74, 6) is -0.118. The van der Waals surface area contributed by atoms with Crippen LogP contribution in [-0.2, 0) is 22.4 Å². The first-order chi connectivity index (χ1) is 23.2. The van der Waals surface area contributed by atoms with Gasteiger partial charge in [-0.05, 0) is 58.3 Å². The van der Waals surface area contributed by atoms with Crippen molar-refractivity contribution < 1.29 is 9.59 Å². The molecule has 0 radical (unpaired) electrons. The van der Waals surface area contributed by atoms with E-state index >= 15 is 0 Å². The maximum atomic E-state index is 12.3. The molecule has 47 heavy (non-hydrogen) atoms. The number of hydrazine groups is 1. The first kappa shape index (κ1) is 30.6. The summed E-state index contributed by atoms with van der Waals surface area (Å²) in [6, 6.07) is 48.7. The summed E-state index contributed by atoms with van der Waals surface area (Å²) in [7, 11) is 0. The first-order valence-corrected chi connectivity index (χ1v) is 17.8. The number of para-hydroxylation sites is 2. The molecule has 2 aliphatic heterocycles. The van der Waals surface area contributed by atoms with E-state index in [0.717, 1.165) is 22.5 Å². The zero-order valence-corrected chi connectivity index (χ0v) is 27.8. The van der Waals surface area contributed by atoms with Crippen molar-refractivity contribution in [1.29, 1.82) is 0 Å². The van der Waals surface area contributed by atoms with Gasteiger partial charge in [-0.3, -0.25) is 9.59 Å². The van der Waals surface area contributed by atoms with Crippen molar-refractivity contribution >= 4 is 86.8 Å². The lowest BCUT2D eigenvalue weighted by atomic mass is 10.2. The molecule has 8 aromatic rings. The van der Waals surface area contributed by atoms with Gasteiger partial charge in [-0.2, -0.15) is 0 Å². The fraction of sp³-hybridized carbons (Fsp3) is 0.0500. The molecule has 0 fully saturated rings. The number of rotatable bonds is 1. The van der Waals surface area contributed by atoms with E-state index in [1.165, 1.54) is 39.6 Å². The predicted molar refractivity (Wildman–Crippen MR) is 201 cm³/mol. The zero-order valence-electron chi connectivity index (χ0n) is 25.4. The van der Waals surface area contributed by atoms with Crippen LogP contribution in [0.4, 0.5) is 11.4 Å². The molecule has 3 aromatic heterocycles. The molecule has 0 aliphatic carbocycles. The van der Waals surface area contributed by atoms with E-state index in [0.29, 0.717) is 12.8 Å². The van der Waals surface area contributed by atoms with Crippen molar-refractivity contribution in [1.82, 2.24) is 0 Å². The Bertz CT molecular complexity index is 2090. The Morgan fingerprint density at radius 2 is 0.787 bits per heavy atom. The molecule has 2 aliphatic rings. The van der Waals surface area contributed by atoms with E-state index < -0.39 is 0 Å². The van der Waals surface area contributed by atoms with Crippen LogP contribution in [0.3, 0.4) is 0 Å². The standard InChI is InChI=1S/C16H12N2O2.C12H8S.C6H4S2.C6H6/c19-15-9-11-5-1-3-7-13(11)17(15)18-14-8-4-2-6-12(14)10-16(18)20;1-3-7-11-9(5-1)10-6-2-4-8-12(10)13-11;1-3-7-6-2-4-8-5(1)6;1-2-4-6-5-3-1/h1-8H,9-10H2;1-8H;1-4H;1-6H. The first-order valence-electron chi connectivity index (χ1n) is 15.3. The average molecular weight is 667 g/mol. The van der Waals surface area contributed by atoms with E-state index in [9.17, 15) is 9.59 Å². The largest absolute Gasteiger partial charge is 0.272 e. The van der Waals surface area contributed by atoms with Gasteiger partial charge in [0, 0.05) is 29.6 Å². The summed E-state index contributed by atoms with van der Waals surface area (Å²) in [4.78, 5) is 24.6. The van der Waals surface area contributed by atoms with Crippen LogP contribution in [0.25, 0.3) is 29.6 Å². The van der Waals surface area contributed by atoms with Crippen LogP contribution in [0.1, 0.15) is 11.1 Å². The quantitative estimate of drug-likeness (QED) is 0.175. The van der Waals surface area contributed by atoms with Crippen molar-refractivity contribution in [2.45, 2.75) is 12.8 Å². The molecule has 4 nitrogen and oxygen atoms in total. The Hall–Kier alpha value is -5.08. The summed E-state index contributed by atoms with van der Waals surface area (Å²) in [5.41, 5.74) is 3.55. The van der Waals surface area contributed by atoms with E-state index in [-0.39, 0.29) is 11.8 Å². The molecule has 0 atom stereocenters. The molecule has 5 aromatic carbocycles. The van der Waals surface area contributed by atoms with Crippen LogP contribution in [0.15, 0.2) is 156 Å². The average Bonchev–Trinajstić information content (AvgIpc) is 3.94. The van der Waals surface area contributed by atoms with Crippen LogP contribution in [0.2, 0.25) is 0 Å². The lowest BCUT2D eigenvalue weighted by molar-refractivity contribution is -0.122. The second kappa shape index (κ2) is 14.1. The highest BCUT2D eigenvalue weighted by Crippen LogP contribution is 2.37. The van der Waals surface area contributed by atoms with Gasteiger partial charge in [-0.1, -0.05) is 109 Å². The maximum Gasteiger partial charge on any atom is 0.250 e. The Labute approximate surface area is 285 Å². The maximum absolute atomic E-state index is 12.3. The highest BCUT2D eigenvalue weighted by Gasteiger charge is 2.39.